The first kappa shape index (κ1) is 22.5. The fourth-order valence-corrected chi connectivity index (χ4v) is 4.81. The van der Waals surface area contributed by atoms with Gasteiger partial charge in [-0.2, -0.15) is 5.26 Å². The molecule has 5 rings (SSSR count). The van der Waals surface area contributed by atoms with Crippen LogP contribution in [0.25, 0.3) is 33.3 Å². The number of aromatic hydroxyl groups is 1. The molecule has 1 saturated heterocycles. The van der Waals surface area contributed by atoms with Gasteiger partial charge in [0.2, 0.25) is 0 Å². The van der Waals surface area contributed by atoms with Crippen LogP contribution in [-0.4, -0.2) is 34.9 Å². The van der Waals surface area contributed by atoms with E-state index in [0.29, 0.717) is 39.3 Å². The van der Waals surface area contributed by atoms with Crippen LogP contribution in [0.2, 0.25) is 0 Å². The first-order valence-corrected chi connectivity index (χ1v) is 11.7. The number of nitriles is 1. The SMILES string of the molecule is COc1ccc(-c2cc(-c3c(O)c4ccccc4n(C)c3=O)nc(N3CCCCC3)c2C#N)cc1. The number of benzene rings is 2. The maximum absolute atomic E-state index is 13.4. The summed E-state index contributed by atoms with van der Waals surface area (Å²) in [6.07, 6.45) is 3.16. The second-order valence-electron chi connectivity index (χ2n) is 8.75. The third-order valence-electron chi connectivity index (χ3n) is 6.70. The van der Waals surface area contributed by atoms with Gasteiger partial charge in [-0.05, 0) is 55.2 Å². The zero-order chi connectivity index (χ0) is 24.5. The number of hydrogen-bond acceptors (Lipinski definition) is 6. The van der Waals surface area contributed by atoms with Crippen LogP contribution in [0.3, 0.4) is 0 Å². The molecule has 176 valence electrons. The Hall–Kier alpha value is -4.31. The summed E-state index contributed by atoms with van der Waals surface area (Å²) in [5, 5.41) is 22.0. The number of rotatable bonds is 4. The number of nitrogens with zero attached hydrogens (tertiary/aromatic N) is 4. The maximum atomic E-state index is 13.4. The third-order valence-corrected chi connectivity index (χ3v) is 6.70. The van der Waals surface area contributed by atoms with Gasteiger partial charge in [0.05, 0.1) is 18.3 Å². The lowest BCUT2D eigenvalue weighted by Crippen LogP contribution is -2.31. The average molecular weight is 467 g/mol. The number of piperidine rings is 1. The Bertz CT molecular complexity index is 1510. The van der Waals surface area contributed by atoms with E-state index in [1.807, 2.05) is 36.4 Å². The van der Waals surface area contributed by atoms with Crippen molar-refractivity contribution >= 4 is 16.7 Å². The molecule has 2 aromatic carbocycles. The van der Waals surface area contributed by atoms with Gasteiger partial charge in [-0.1, -0.05) is 24.3 Å². The molecule has 0 bridgehead atoms. The van der Waals surface area contributed by atoms with Crippen LogP contribution in [0, 0.1) is 11.3 Å². The van der Waals surface area contributed by atoms with Crippen LogP contribution in [0.5, 0.6) is 11.5 Å². The van der Waals surface area contributed by atoms with Crippen LogP contribution in [-0.2, 0) is 7.05 Å². The van der Waals surface area contributed by atoms with Crippen LogP contribution >= 0.6 is 0 Å². The lowest BCUT2D eigenvalue weighted by Gasteiger charge is -2.29. The van der Waals surface area contributed by atoms with E-state index in [-0.39, 0.29) is 16.9 Å². The van der Waals surface area contributed by atoms with Gasteiger partial charge < -0.3 is 19.3 Å². The van der Waals surface area contributed by atoms with Crippen LogP contribution in [0.4, 0.5) is 5.82 Å². The van der Waals surface area contributed by atoms with E-state index in [4.69, 9.17) is 9.72 Å². The topological polar surface area (TPSA) is 91.4 Å². The van der Waals surface area contributed by atoms with Gasteiger partial charge in [-0.25, -0.2) is 4.98 Å². The standard InChI is InChI=1S/C28H26N4O3/c1-31-24-9-5-4-8-20(24)26(33)25(28(31)34)23-16-21(18-10-12-19(35-2)13-11-18)22(17-29)27(30-23)32-14-6-3-7-15-32/h4-5,8-13,16,33H,3,6-7,14-15H2,1-2H3. The first-order chi connectivity index (χ1) is 17.0. The second-order valence-corrected chi connectivity index (χ2v) is 8.75. The van der Waals surface area contributed by atoms with Crippen molar-refractivity contribution in [1.82, 2.24) is 9.55 Å². The molecule has 0 aliphatic carbocycles. The van der Waals surface area contributed by atoms with Crippen molar-refractivity contribution in [2.45, 2.75) is 19.3 Å². The number of ether oxygens (including phenoxy) is 1. The van der Waals surface area contributed by atoms with Crippen molar-refractivity contribution in [2.75, 3.05) is 25.1 Å². The Labute approximate surface area is 203 Å². The van der Waals surface area contributed by atoms with Gasteiger partial charge in [-0.15, -0.1) is 0 Å². The molecule has 35 heavy (non-hydrogen) atoms. The number of fused-ring (bicyclic) bond motifs is 1. The van der Waals surface area contributed by atoms with Crippen LogP contribution < -0.4 is 15.2 Å². The van der Waals surface area contributed by atoms with Crippen molar-refractivity contribution in [3.63, 3.8) is 0 Å². The lowest BCUT2D eigenvalue weighted by atomic mass is 9.97. The van der Waals surface area contributed by atoms with E-state index in [2.05, 4.69) is 11.0 Å². The Morgan fingerprint density at radius 2 is 1.77 bits per heavy atom. The number of para-hydroxylation sites is 1. The predicted octanol–water partition coefficient (Wildman–Crippen LogP) is 4.84. The van der Waals surface area contributed by atoms with Gasteiger partial charge >= 0.3 is 0 Å². The molecule has 3 heterocycles. The third kappa shape index (κ3) is 3.87. The summed E-state index contributed by atoms with van der Waals surface area (Å²) in [6.45, 7) is 1.57. The van der Waals surface area contributed by atoms with Gasteiger partial charge in [0.1, 0.15) is 34.5 Å². The summed E-state index contributed by atoms with van der Waals surface area (Å²) in [4.78, 5) is 20.4. The fourth-order valence-electron chi connectivity index (χ4n) is 4.81. The minimum absolute atomic E-state index is 0.105. The molecule has 2 aromatic heterocycles. The van der Waals surface area contributed by atoms with E-state index in [1.54, 1.807) is 32.4 Å². The summed E-state index contributed by atoms with van der Waals surface area (Å²) < 4.78 is 6.82. The minimum atomic E-state index is -0.344. The highest BCUT2D eigenvalue weighted by molar-refractivity contribution is 5.93. The number of pyridine rings is 2. The minimum Gasteiger partial charge on any atom is -0.506 e. The number of aryl methyl sites for hydroxylation is 1. The van der Waals surface area contributed by atoms with Crippen LogP contribution in [0.15, 0.2) is 59.4 Å². The summed E-state index contributed by atoms with van der Waals surface area (Å²) >= 11 is 0. The molecule has 7 nitrogen and oxygen atoms in total. The van der Waals surface area contributed by atoms with Gasteiger partial charge in [0.25, 0.3) is 5.56 Å². The van der Waals surface area contributed by atoms with Crippen LogP contribution in [0.1, 0.15) is 24.8 Å². The maximum Gasteiger partial charge on any atom is 0.264 e. The Morgan fingerprint density at radius 3 is 2.46 bits per heavy atom. The molecule has 0 atom stereocenters. The summed E-state index contributed by atoms with van der Waals surface area (Å²) in [5.74, 6) is 1.15. The molecule has 1 N–H and O–H groups in total. The highest BCUT2D eigenvalue weighted by atomic mass is 16.5. The zero-order valence-corrected chi connectivity index (χ0v) is 19.8. The van der Waals surface area contributed by atoms with E-state index in [1.165, 1.54) is 4.57 Å². The second kappa shape index (κ2) is 9.15. The van der Waals surface area contributed by atoms with Crippen molar-refractivity contribution in [2.24, 2.45) is 7.05 Å². The first-order valence-electron chi connectivity index (χ1n) is 11.7. The predicted molar refractivity (Wildman–Crippen MR) is 137 cm³/mol. The van der Waals surface area contributed by atoms with E-state index >= 15 is 0 Å². The van der Waals surface area contributed by atoms with E-state index < -0.39 is 0 Å². The highest BCUT2D eigenvalue weighted by Gasteiger charge is 2.25. The number of aromatic nitrogens is 2. The molecule has 1 aliphatic heterocycles. The Morgan fingerprint density at radius 1 is 1.06 bits per heavy atom. The molecular weight excluding hydrogens is 440 g/mol. The number of anilines is 1. The van der Waals surface area contributed by atoms with E-state index in [0.717, 1.165) is 37.9 Å². The summed E-state index contributed by atoms with van der Waals surface area (Å²) in [5.41, 5.74) is 2.69. The molecule has 0 saturated carbocycles. The summed E-state index contributed by atoms with van der Waals surface area (Å²) in [6, 6.07) is 18.8. The van der Waals surface area contributed by atoms with Crippen molar-refractivity contribution < 1.29 is 9.84 Å². The van der Waals surface area contributed by atoms with E-state index in [9.17, 15) is 15.2 Å². The fraction of sp³-hybridized carbons (Fsp3) is 0.250. The molecule has 0 unspecified atom stereocenters. The number of methoxy groups -OCH3 is 1. The van der Waals surface area contributed by atoms with Gasteiger partial charge in [-0.3, -0.25) is 4.79 Å². The molecule has 0 amide bonds. The smallest absolute Gasteiger partial charge is 0.264 e. The molecular formula is C28H26N4O3. The number of hydrogen-bond donors (Lipinski definition) is 1. The molecule has 0 radical (unpaired) electrons. The molecule has 7 heteroatoms. The average Bonchev–Trinajstić information content (AvgIpc) is 2.92. The monoisotopic (exact) mass is 466 g/mol. The van der Waals surface area contributed by atoms with Gasteiger partial charge in [0, 0.05) is 31.1 Å². The molecule has 0 spiro atoms. The highest BCUT2D eigenvalue weighted by Crippen LogP contribution is 2.38. The van der Waals surface area contributed by atoms with Gasteiger partial charge in [0.15, 0.2) is 0 Å². The zero-order valence-electron chi connectivity index (χ0n) is 19.8. The lowest BCUT2D eigenvalue weighted by molar-refractivity contribution is 0.415. The van der Waals surface area contributed by atoms with Crippen molar-refractivity contribution in [3.8, 4) is 40.0 Å². The van der Waals surface area contributed by atoms with Crippen molar-refractivity contribution in [1.29, 1.82) is 5.26 Å². The normalized spacial score (nSPS) is 13.6. The largest absolute Gasteiger partial charge is 0.506 e. The quantitative estimate of drug-likeness (QED) is 0.463. The Kier molecular flexibility index (Phi) is 5.87. The molecule has 1 fully saturated rings. The molecule has 1 aliphatic rings. The summed E-state index contributed by atoms with van der Waals surface area (Å²) in [7, 11) is 3.29. The Balaban J connectivity index is 1.82. The molecule has 4 aromatic rings. The van der Waals surface area contributed by atoms with Crippen molar-refractivity contribution in [3.05, 3.63) is 70.5 Å².